The summed E-state index contributed by atoms with van der Waals surface area (Å²) in [5, 5.41) is 10.3. The molecule has 2 heterocycles. The third-order valence-corrected chi connectivity index (χ3v) is 7.42. The third-order valence-electron chi connectivity index (χ3n) is 7.42. The molecule has 0 aliphatic heterocycles. The van der Waals surface area contributed by atoms with E-state index in [4.69, 9.17) is 15.2 Å². The first-order valence-corrected chi connectivity index (χ1v) is 13.3. The van der Waals surface area contributed by atoms with Gasteiger partial charge in [0.2, 0.25) is 5.95 Å². The number of hydrogen-bond acceptors (Lipinski definition) is 3. The van der Waals surface area contributed by atoms with Crippen LogP contribution in [-0.2, 0) is 0 Å². The van der Waals surface area contributed by atoms with Crippen LogP contribution in [0.1, 0.15) is 24.1 Å². The second-order valence-electron chi connectivity index (χ2n) is 10.0. The first-order valence-electron chi connectivity index (χ1n) is 13.3. The standard InChI is InChI=1S/C35H22F2N4/c36-27-14-16-33-29(18-27)30-19-28(37)15-17-34(30)41(33)35-39-31(25-4-2-1-3-5-25)20-32(40-35)26-12-10-24(11-13-26)23-8-6-22(21-38)7-9-23/h2,4-20H,1,3H2. The Morgan fingerprint density at radius 1 is 0.659 bits per heavy atom. The predicted molar refractivity (Wildman–Crippen MR) is 158 cm³/mol. The average Bonchev–Trinajstić information content (AvgIpc) is 3.34. The van der Waals surface area contributed by atoms with Crippen LogP contribution in [0.25, 0.3) is 55.7 Å². The molecule has 1 aliphatic carbocycles. The average molecular weight is 537 g/mol. The molecule has 0 radical (unpaired) electrons. The molecule has 0 N–H and O–H groups in total. The van der Waals surface area contributed by atoms with Crippen molar-refractivity contribution in [2.75, 3.05) is 0 Å². The Labute approximate surface area is 235 Å². The summed E-state index contributed by atoms with van der Waals surface area (Å²) in [4.78, 5) is 9.96. The van der Waals surface area contributed by atoms with E-state index in [1.807, 2.05) is 47.0 Å². The van der Waals surface area contributed by atoms with Crippen molar-refractivity contribution in [3.8, 4) is 34.4 Å². The summed E-state index contributed by atoms with van der Waals surface area (Å²) in [7, 11) is 0. The number of nitriles is 1. The first kappa shape index (κ1) is 24.6. The summed E-state index contributed by atoms with van der Waals surface area (Å²) in [6.07, 6.45) is 8.28. The van der Waals surface area contributed by atoms with Crippen LogP contribution in [0.15, 0.2) is 109 Å². The second-order valence-corrected chi connectivity index (χ2v) is 10.0. The summed E-state index contributed by atoms with van der Waals surface area (Å²) in [6, 6.07) is 28.7. The van der Waals surface area contributed by atoms with Gasteiger partial charge in [-0.2, -0.15) is 5.26 Å². The number of aromatic nitrogens is 3. The highest BCUT2D eigenvalue weighted by molar-refractivity contribution is 6.09. The topological polar surface area (TPSA) is 54.5 Å². The summed E-state index contributed by atoms with van der Waals surface area (Å²) in [5.74, 6) is -0.362. The van der Waals surface area contributed by atoms with Gasteiger partial charge in [0.25, 0.3) is 0 Å². The number of benzene rings is 4. The van der Waals surface area contributed by atoms with Gasteiger partial charge in [0, 0.05) is 16.3 Å². The molecule has 0 amide bonds. The molecule has 4 aromatic carbocycles. The quantitative estimate of drug-likeness (QED) is 0.226. The lowest BCUT2D eigenvalue weighted by atomic mass is 10.00. The van der Waals surface area contributed by atoms with E-state index in [9.17, 15) is 8.78 Å². The zero-order valence-electron chi connectivity index (χ0n) is 21.9. The molecule has 0 saturated heterocycles. The van der Waals surface area contributed by atoms with Crippen LogP contribution in [0.3, 0.4) is 0 Å². The summed E-state index contributed by atoms with van der Waals surface area (Å²) in [5.41, 5.74) is 7.47. The zero-order valence-corrected chi connectivity index (χ0v) is 21.9. The van der Waals surface area contributed by atoms with E-state index in [0.29, 0.717) is 33.3 Å². The fraction of sp³-hybridized carbons (Fsp3) is 0.0571. The SMILES string of the molecule is N#Cc1ccc(-c2ccc(-c3cc(C4=CCCC=C4)nc(-n4c5ccc(F)cc5c5cc(F)ccc54)n3)cc2)cc1. The van der Waals surface area contributed by atoms with Crippen molar-refractivity contribution >= 4 is 27.4 Å². The molecule has 41 heavy (non-hydrogen) atoms. The van der Waals surface area contributed by atoms with Crippen molar-refractivity contribution in [3.05, 3.63) is 132 Å². The Morgan fingerprint density at radius 2 is 1.24 bits per heavy atom. The predicted octanol–water partition coefficient (Wildman–Crippen LogP) is 8.79. The van der Waals surface area contributed by atoms with Crippen LogP contribution in [0, 0.1) is 23.0 Å². The van der Waals surface area contributed by atoms with E-state index in [1.165, 1.54) is 24.3 Å². The van der Waals surface area contributed by atoms with Gasteiger partial charge >= 0.3 is 0 Å². The normalized spacial score (nSPS) is 13.0. The van der Waals surface area contributed by atoms with Crippen molar-refractivity contribution in [2.24, 2.45) is 0 Å². The van der Waals surface area contributed by atoms with Gasteiger partial charge < -0.3 is 0 Å². The van der Waals surface area contributed by atoms with E-state index >= 15 is 0 Å². The minimum Gasteiger partial charge on any atom is -0.278 e. The zero-order chi connectivity index (χ0) is 27.9. The van der Waals surface area contributed by atoms with Gasteiger partial charge in [0.1, 0.15) is 11.6 Å². The van der Waals surface area contributed by atoms with E-state index < -0.39 is 11.6 Å². The highest BCUT2D eigenvalue weighted by Crippen LogP contribution is 2.34. The lowest BCUT2D eigenvalue weighted by molar-refractivity contribution is 0.628. The highest BCUT2D eigenvalue weighted by atomic mass is 19.1. The smallest absolute Gasteiger partial charge is 0.235 e. The Hall–Kier alpha value is -5.41. The molecule has 0 bridgehead atoms. The Kier molecular flexibility index (Phi) is 5.98. The molecule has 0 atom stereocenters. The molecular formula is C35H22F2N4. The van der Waals surface area contributed by atoms with Crippen LogP contribution < -0.4 is 0 Å². The fourth-order valence-corrected chi connectivity index (χ4v) is 5.39. The van der Waals surface area contributed by atoms with Crippen molar-refractivity contribution in [3.63, 3.8) is 0 Å². The lowest BCUT2D eigenvalue weighted by Crippen LogP contribution is -2.05. The Bertz CT molecular complexity index is 2000. The lowest BCUT2D eigenvalue weighted by Gasteiger charge is -2.13. The van der Waals surface area contributed by atoms with Gasteiger partial charge in [-0.25, -0.2) is 18.7 Å². The third kappa shape index (κ3) is 4.48. The molecule has 1 aliphatic rings. The summed E-state index contributed by atoms with van der Waals surface area (Å²) < 4.78 is 30.5. The first-order chi connectivity index (χ1) is 20.1. The van der Waals surface area contributed by atoms with Gasteiger partial charge in [-0.15, -0.1) is 0 Å². The van der Waals surface area contributed by atoms with Crippen molar-refractivity contribution in [1.29, 1.82) is 5.26 Å². The van der Waals surface area contributed by atoms with Crippen LogP contribution in [0.5, 0.6) is 0 Å². The molecule has 6 aromatic rings. The van der Waals surface area contributed by atoms with Crippen LogP contribution in [-0.4, -0.2) is 14.5 Å². The van der Waals surface area contributed by atoms with Gasteiger partial charge in [0.05, 0.1) is 34.1 Å². The second kappa shape index (κ2) is 9.96. The van der Waals surface area contributed by atoms with Crippen molar-refractivity contribution in [2.45, 2.75) is 12.8 Å². The molecule has 4 nitrogen and oxygen atoms in total. The van der Waals surface area contributed by atoms with E-state index in [2.05, 4.69) is 24.3 Å². The maximum absolute atomic E-state index is 14.3. The molecular weight excluding hydrogens is 514 g/mol. The van der Waals surface area contributed by atoms with Crippen LogP contribution in [0.2, 0.25) is 0 Å². The Balaban J connectivity index is 1.41. The number of allylic oxidation sites excluding steroid dienone is 4. The molecule has 0 fully saturated rings. The number of nitrogens with zero attached hydrogens (tertiary/aromatic N) is 4. The molecule has 0 spiro atoms. The molecule has 7 rings (SSSR count). The maximum atomic E-state index is 14.3. The van der Waals surface area contributed by atoms with E-state index in [1.54, 1.807) is 24.3 Å². The number of hydrogen-bond donors (Lipinski definition) is 0. The minimum atomic E-state index is -0.393. The van der Waals surface area contributed by atoms with Crippen LogP contribution in [0.4, 0.5) is 8.78 Å². The minimum absolute atomic E-state index is 0.393. The summed E-state index contributed by atoms with van der Waals surface area (Å²) >= 11 is 0. The fourth-order valence-electron chi connectivity index (χ4n) is 5.39. The number of rotatable bonds is 4. The molecule has 196 valence electrons. The molecule has 6 heteroatoms. The molecule has 0 saturated carbocycles. The number of halogens is 2. The van der Waals surface area contributed by atoms with E-state index in [0.717, 1.165) is 46.5 Å². The van der Waals surface area contributed by atoms with Crippen molar-refractivity contribution in [1.82, 2.24) is 14.5 Å². The molecule has 0 unspecified atom stereocenters. The maximum Gasteiger partial charge on any atom is 0.235 e. The van der Waals surface area contributed by atoms with E-state index in [-0.39, 0.29) is 0 Å². The Morgan fingerprint density at radius 3 is 1.83 bits per heavy atom. The molecule has 2 aromatic heterocycles. The van der Waals surface area contributed by atoms with Gasteiger partial charge in [-0.05, 0) is 84.1 Å². The van der Waals surface area contributed by atoms with Crippen molar-refractivity contribution < 1.29 is 8.78 Å². The van der Waals surface area contributed by atoms with Gasteiger partial charge in [-0.3, -0.25) is 4.57 Å². The highest BCUT2D eigenvalue weighted by Gasteiger charge is 2.18. The largest absolute Gasteiger partial charge is 0.278 e. The van der Waals surface area contributed by atoms with Crippen LogP contribution >= 0.6 is 0 Å². The van der Waals surface area contributed by atoms with Gasteiger partial charge in [-0.1, -0.05) is 54.6 Å². The van der Waals surface area contributed by atoms with Gasteiger partial charge in [0.15, 0.2) is 0 Å². The monoisotopic (exact) mass is 536 g/mol. The number of fused-ring (bicyclic) bond motifs is 3. The summed E-state index contributed by atoms with van der Waals surface area (Å²) in [6.45, 7) is 0.